The molecule has 0 aromatic heterocycles. The number of hydrogen-bond acceptors (Lipinski definition) is 7. The van der Waals surface area contributed by atoms with Crippen molar-refractivity contribution in [2.24, 2.45) is 5.92 Å². The quantitative estimate of drug-likeness (QED) is 0.502. The molecule has 2 amide bonds. The topological polar surface area (TPSA) is 93.1 Å². The van der Waals surface area contributed by atoms with Crippen LogP contribution in [0.2, 0.25) is 5.02 Å². The first-order chi connectivity index (χ1) is 13.6. The number of hydrogen-bond donors (Lipinski definition) is 1. The molecule has 1 saturated heterocycles. The molecule has 1 N–H and O–H groups in total. The Hall–Kier alpha value is -2.19. The number of esters is 1. The van der Waals surface area contributed by atoms with E-state index in [1.807, 2.05) is 0 Å². The Labute approximate surface area is 180 Å². The van der Waals surface area contributed by atoms with Crippen molar-refractivity contribution in [2.75, 3.05) is 20.3 Å². The van der Waals surface area contributed by atoms with E-state index in [9.17, 15) is 19.5 Å². The number of benzene rings is 1. The fraction of sp³-hybridized carbons (Fsp3) is 0.450. The number of methoxy groups -OCH3 is 1. The van der Waals surface area contributed by atoms with Gasteiger partial charge in [-0.15, -0.1) is 0 Å². The zero-order valence-corrected chi connectivity index (χ0v) is 18.7. The van der Waals surface area contributed by atoms with Crippen LogP contribution < -0.4 is 4.74 Å². The summed E-state index contributed by atoms with van der Waals surface area (Å²) in [5.74, 6) is -0.433. The number of carbonyl (C=O) groups is 3. The average Bonchev–Trinajstić information content (AvgIpc) is 2.93. The van der Waals surface area contributed by atoms with Gasteiger partial charge in [-0.2, -0.15) is 0 Å². The smallest absolute Gasteiger partial charge is 0.325 e. The highest BCUT2D eigenvalue weighted by atomic mass is 35.5. The molecule has 1 aliphatic rings. The lowest BCUT2D eigenvalue weighted by molar-refractivity contribution is -0.143. The molecule has 0 bridgehead atoms. The Morgan fingerprint density at radius 2 is 1.93 bits per heavy atom. The number of thioether (sulfide) groups is 1. The summed E-state index contributed by atoms with van der Waals surface area (Å²) in [6.45, 7) is 8.27. The fourth-order valence-electron chi connectivity index (χ4n) is 1.92. The number of ether oxygens (including phenoxy) is 2. The molecule has 1 aromatic rings. The second kappa shape index (κ2) is 11.7. The summed E-state index contributed by atoms with van der Waals surface area (Å²) in [4.78, 5) is 36.3. The van der Waals surface area contributed by atoms with Gasteiger partial charge in [0.1, 0.15) is 6.54 Å². The Kier molecular flexibility index (Phi) is 10.0. The number of phenols is 1. The summed E-state index contributed by atoms with van der Waals surface area (Å²) in [7, 11) is 1.17. The number of rotatable bonds is 6. The Morgan fingerprint density at radius 1 is 1.31 bits per heavy atom. The maximum Gasteiger partial charge on any atom is 0.325 e. The molecule has 1 aliphatic heterocycles. The summed E-state index contributed by atoms with van der Waals surface area (Å²) in [6.07, 6.45) is 2.75. The number of phenolic OH excluding ortho intramolecular Hbond substituents is 1. The molecular weight excluding hydrogens is 418 g/mol. The number of carbonyl (C=O) groups excluding carboxylic acids is 3. The van der Waals surface area contributed by atoms with E-state index in [0.29, 0.717) is 23.9 Å². The van der Waals surface area contributed by atoms with E-state index in [4.69, 9.17) is 16.3 Å². The normalized spacial score (nSPS) is 14.9. The molecule has 0 spiro atoms. The molecule has 160 valence electrons. The fourth-order valence-corrected chi connectivity index (χ4v) is 2.98. The van der Waals surface area contributed by atoms with Gasteiger partial charge in [-0.3, -0.25) is 19.3 Å². The summed E-state index contributed by atoms with van der Waals surface area (Å²) < 4.78 is 9.72. The maximum absolute atomic E-state index is 12.2. The number of nitrogens with zero attached hydrogens (tertiary/aromatic N) is 1. The summed E-state index contributed by atoms with van der Waals surface area (Å²) in [5.41, 5.74) is 0.477. The Morgan fingerprint density at radius 3 is 2.45 bits per heavy atom. The molecule has 1 fully saturated rings. The van der Waals surface area contributed by atoms with Gasteiger partial charge in [0.15, 0.2) is 11.5 Å². The highest BCUT2D eigenvalue weighted by Gasteiger charge is 2.36. The number of imide groups is 1. The minimum Gasteiger partial charge on any atom is -0.503 e. The van der Waals surface area contributed by atoms with Gasteiger partial charge in [0.05, 0.1) is 23.6 Å². The van der Waals surface area contributed by atoms with Gasteiger partial charge in [-0.1, -0.05) is 38.8 Å². The third kappa shape index (κ3) is 7.29. The molecule has 0 unspecified atom stereocenters. The molecule has 1 aromatic carbocycles. The van der Waals surface area contributed by atoms with E-state index < -0.39 is 23.7 Å². The molecule has 0 radical (unpaired) electrons. The van der Waals surface area contributed by atoms with Crippen LogP contribution in [-0.4, -0.2) is 47.4 Å². The Bertz CT molecular complexity index is 793. The highest BCUT2D eigenvalue weighted by Crippen LogP contribution is 2.38. The van der Waals surface area contributed by atoms with Crippen LogP contribution in [0.15, 0.2) is 17.0 Å². The van der Waals surface area contributed by atoms with Crippen molar-refractivity contribution in [1.29, 1.82) is 0 Å². The van der Waals surface area contributed by atoms with Crippen molar-refractivity contribution >= 4 is 46.6 Å². The van der Waals surface area contributed by atoms with Gasteiger partial charge in [0, 0.05) is 0 Å². The van der Waals surface area contributed by atoms with Crippen LogP contribution in [0.5, 0.6) is 11.5 Å². The highest BCUT2D eigenvalue weighted by molar-refractivity contribution is 8.18. The molecule has 1 heterocycles. The molecule has 0 atom stereocenters. The molecular formula is C20H26ClNO6S. The van der Waals surface area contributed by atoms with Crippen molar-refractivity contribution in [3.63, 3.8) is 0 Å². The van der Waals surface area contributed by atoms with Gasteiger partial charge in [-0.25, -0.2) is 0 Å². The SMILES string of the molecule is CCC(C)C.CCOc1cc(/C=C2/SC(=O)N(CC(=O)OC)C2=O)cc(Cl)c1O. The van der Waals surface area contributed by atoms with E-state index in [1.54, 1.807) is 6.92 Å². The van der Waals surface area contributed by atoms with Crippen molar-refractivity contribution in [2.45, 2.75) is 34.1 Å². The summed E-state index contributed by atoms with van der Waals surface area (Å²) >= 11 is 6.63. The summed E-state index contributed by atoms with van der Waals surface area (Å²) in [6, 6.07) is 2.94. The third-order valence-corrected chi connectivity index (χ3v) is 5.05. The van der Waals surface area contributed by atoms with E-state index in [0.717, 1.165) is 10.8 Å². The van der Waals surface area contributed by atoms with Crippen LogP contribution in [0.3, 0.4) is 0 Å². The van der Waals surface area contributed by atoms with Crippen LogP contribution in [-0.2, 0) is 14.3 Å². The molecule has 7 nitrogen and oxygen atoms in total. The molecule has 0 saturated carbocycles. The molecule has 29 heavy (non-hydrogen) atoms. The van der Waals surface area contributed by atoms with Crippen LogP contribution >= 0.6 is 23.4 Å². The standard InChI is InChI=1S/C15H14ClNO6S.C5H12/c1-3-23-10-5-8(4-9(16)13(10)19)6-11-14(20)17(15(21)24-11)7-12(18)22-2;1-4-5(2)3/h4-6,19H,3,7H2,1-2H3;5H,4H2,1-3H3/b11-6+;. The van der Waals surface area contributed by atoms with E-state index >= 15 is 0 Å². The van der Waals surface area contributed by atoms with Gasteiger partial charge in [0.25, 0.3) is 11.1 Å². The zero-order chi connectivity index (χ0) is 22.1. The maximum atomic E-state index is 12.2. The largest absolute Gasteiger partial charge is 0.503 e. The predicted molar refractivity (Wildman–Crippen MR) is 114 cm³/mol. The monoisotopic (exact) mass is 443 g/mol. The Balaban J connectivity index is 0.000000749. The van der Waals surface area contributed by atoms with Crippen molar-refractivity contribution < 1.29 is 29.0 Å². The van der Waals surface area contributed by atoms with Crippen molar-refractivity contribution in [3.05, 3.63) is 27.6 Å². The van der Waals surface area contributed by atoms with Gasteiger partial charge in [0.2, 0.25) is 0 Å². The van der Waals surface area contributed by atoms with Gasteiger partial charge in [-0.05, 0) is 48.4 Å². The van der Waals surface area contributed by atoms with Gasteiger partial charge < -0.3 is 14.6 Å². The van der Waals surface area contributed by atoms with Crippen LogP contribution in [0, 0.1) is 5.92 Å². The first-order valence-electron chi connectivity index (χ1n) is 9.11. The minimum absolute atomic E-state index is 0.0565. The molecule has 9 heteroatoms. The van der Waals surface area contributed by atoms with E-state index in [1.165, 1.54) is 31.7 Å². The first-order valence-corrected chi connectivity index (χ1v) is 10.3. The van der Waals surface area contributed by atoms with Crippen molar-refractivity contribution in [3.8, 4) is 11.5 Å². The first kappa shape index (κ1) is 24.8. The van der Waals surface area contributed by atoms with Gasteiger partial charge >= 0.3 is 5.97 Å². The van der Waals surface area contributed by atoms with E-state index in [2.05, 4.69) is 25.5 Å². The lowest BCUT2D eigenvalue weighted by Gasteiger charge is -2.10. The lowest BCUT2D eigenvalue weighted by Crippen LogP contribution is -2.34. The second-order valence-corrected chi connectivity index (χ2v) is 7.83. The predicted octanol–water partition coefficient (Wildman–Crippen LogP) is 4.71. The second-order valence-electron chi connectivity index (χ2n) is 6.43. The number of amides is 2. The number of halogens is 1. The molecule has 2 rings (SSSR count). The van der Waals surface area contributed by atoms with Crippen LogP contribution in [0.4, 0.5) is 4.79 Å². The minimum atomic E-state index is -0.690. The average molecular weight is 444 g/mol. The zero-order valence-electron chi connectivity index (χ0n) is 17.2. The van der Waals surface area contributed by atoms with Crippen LogP contribution in [0.1, 0.15) is 39.7 Å². The van der Waals surface area contributed by atoms with E-state index in [-0.39, 0.29) is 21.4 Å². The molecule has 0 aliphatic carbocycles. The van der Waals surface area contributed by atoms with Crippen LogP contribution in [0.25, 0.3) is 6.08 Å². The lowest BCUT2D eigenvalue weighted by atomic mass is 10.2. The third-order valence-electron chi connectivity index (χ3n) is 3.85. The van der Waals surface area contributed by atoms with Crippen molar-refractivity contribution in [1.82, 2.24) is 4.90 Å². The summed E-state index contributed by atoms with van der Waals surface area (Å²) in [5, 5.41) is 9.31. The number of aromatic hydroxyl groups is 1.